The molecule has 0 radical (unpaired) electrons. The van der Waals surface area contributed by atoms with Gasteiger partial charge in [-0.2, -0.15) is 0 Å². The van der Waals surface area contributed by atoms with Crippen molar-refractivity contribution in [1.29, 1.82) is 0 Å². The Morgan fingerprint density at radius 3 is 2.77 bits per heavy atom. The number of hydrogen-bond acceptors (Lipinski definition) is 6. The van der Waals surface area contributed by atoms with Gasteiger partial charge in [-0.05, 0) is 39.8 Å². The lowest BCUT2D eigenvalue weighted by Crippen LogP contribution is -2.28. The number of hydrogen-bond donors (Lipinski definition) is 1. The molecule has 0 spiro atoms. The molecule has 30 heavy (non-hydrogen) atoms. The molecule has 4 rings (SSSR count). The number of carbonyl (C=O) groups excluding carboxylic acids is 1. The van der Waals surface area contributed by atoms with Crippen molar-refractivity contribution in [3.05, 3.63) is 47.0 Å². The van der Waals surface area contributed by atoms with Crippen LogP contribution in [0.2, 0.25) is 0 Å². The summed E-state index contributed by atoms with van der Waals surface area (Å²) in [5.41, 5.74) is 0.769. The second-order valence-corrected chi connectivity index (χ2v) is 8.09. The maximum Gasteiger partial charge on any atom is 0.327 e. The molecule has 0 saturated heterocycles. The Morgan fingerprint density at radius 2 is 2.03 bits per heavy atom. The van der Waals surface area contributed by atoms with Gasteiger partial charge in [0.15, 0.2) is 11.5 Å². The number of aromatic amines is 1. The highest BCUT2D eigenvalue weighted by Crippen LogP contribution is 2.22. The Balaban J connectivity index is 1.75. The molecule has 156 valence electrons. The molecule has 0 amide bonds. The minimum absolute atomic E-state index is 0.00426. The van der Waals surface area contributed by atoms with Crippen LogP contribution >= 0.6 is 0 Å². The third kappa shape index (κ3) is 3.68. The van der Waals surface area contributed by atoms with Gasteiger partial charge in [-0.15, -0.1) is 0 Å². The van der Waals surface area contributed by atoms with Crippen molar-refractivity contribution in [2.75, 3.05) is 0 Å². The van der Waals surface area contributed by atoms with Crippen molar-refractivity contribution in [2.24, 2.45) is 0 Å². The number of pyridine rings is 1. The number of nitrogens with zero attached hydrogens (tertiary/aromatic N) is 5. The van der Waals surface area contributed by atoms with E-state index in [2.05, 4.69) is 19.9 Å². The van der Waals surface area contributed by atoms with Crippen LogP contribution in [0.5, 0.6) is 0 Å². The number of carbonyl (C=O) groups is 1. The van der Waals surface area contributed by atoms with Crippen LogP contribution in [0.25, 0.3) is 28.3 Å². The van der Waals surface area contributed by atoms with E-state index in [-0.39, 0.29) is 12.2 Å². The highest BCUT2D eigenvalue weighted by atomic mass is 19.1. The molecule has 10 heteroatoms. The first-order valence-electron chi connectivity index (χ1n) is 9.44. The molecule has 9 nitrogen and oxygen atoms in total. The van der Waals surface area contributed by atoms with Crippen molar-refractivity contribution in [1.82, 2.24) is 28.9 Å². The molecule has 1 unspecified atom stereocenters. The highest BCUT2D eigenvalue weighted by molar-refractivity contribution is 5.74. The van der Waals surface area contributed by atoms with Gasteiger partial charge in [0.25, 0.3) is 0 Å². The summed E-state index contributed by atoms with van der Waals surface area (Å²) in [6.07, 6.45) is 4.31. The number of H-pyrrole nitrogens is 1. The minimum atomic E-state index is -0.615. The lowest BCUT2D eigenvalue weighted by molar-refractivity contribution is -0.155. The molecule has 1 atom stereocenters. The van der Waals surface area contributed by atoms with Gasteiger partial charge in [-0.25, -0.2) is 24.1 Å². The predicted molar refractivity (Wildman–Crippen MR) is 107 cm³/mol. The van der Waals surface area contributed by atoms with Gasteiger partial charge in [-0.3, -0.25) is 13.8 Å². The number of nitrogens with one attached hydrogen (secondary N) is 1. The summed E-state index contributed by atoms with van der Waals surface area (Å²) in [5.74, 6) is -0.562. The fraction of sp³-hybridized carbons (Fsp3) is 0.350. The monoisotopic (exact) mass is 412 g/mol. The standard InChI is InChI=1S/C20H21FN6O3/c1-11(7-16(28)30-20(2,3)4)27-18-13(24-19(27)29)8-23-17(25-18)14-9-22-15-6-5-12(21)10-26(14)15/h5-6,8-11H,7H2,1-4H3,(H,24,29). The molecular formula is C20H21FN6O3. The molecule has 1 N–H and O–H groups in total. The molecule has 0 aliphatic carbocycles. The van der Waals surface area contributed by atoms with Gasteiger partial charge in [-0.1, -0.05) is 0 Å². The smallest absolute Gasteiger partial charge is 0.327 e. The van der Waals surface area contributed by atoms with Crippen molar-refractivity contribution in [3.8, 4) is 11.5 Å². The van der Waals surface area contributed by atoms with Crippen LogP contribution < -0.4 is 5.69 Å². The number of fused-ring (bicyclic) bond motifs is 2. The van der Waals surface area contributed by atoms with Crippen LogP contribution in [-0.4, -0.2) is 40.5 Å². The molecule has 0 aliphatic heterocycles. The molecule has 0 aromatic carbocycles. The lowest BCUT2D eigenvalue weighted by atomic mass is 10.2. The number of halogens is 1. The first-order valence-corrected chi connectivity index (χ1v) is 9.44. The van der Waals surface area contributed by atoms with E-state index in [1.165, 1.54) is 33.6 Å². The van der Waals surface area contributed by atoms with Crippen LogP contribution in [0.4, 0.5) is 4.39 Å². The fourth-order valence-electron chi connectivity index (χ4n) is 3.28. The lowest BCUT2D eigenvalue weighted by Gasteiger charge is -2.21. The zero-order chi connectivity index (χ0) is 21.6. The molecule has 0 saturated carbocycles. The van der Waals surface area contributed by atoms with Crippen LogP contribution in [0.15, 0.2) is 35.5 Å². The maximum absolute atomic E-state index is 13.7. The minimum Gasteiger partial charge on any atom is -0.460 e. The molecule has 4 heterocycles. The van der Waals surface area contributed by atoms with Crippen molar-refractivity contribution in [3.63, 3.8) is 0 Å². The third-order valence-electron chi connectivity index (χ3n) is 4.48. The van der Waals surface area contributed by atoms with Crippen LogP contribution in [0.3, 0.4) is 0 Å². The van der Waals surface area contributed by atoms with Gasteiger partial charge in [0.05, 0.1) is 18.8 Å². The van der Waals surface area contributed by atoms with E-state index >= 15 is 0 Å². The zero-order valence-corrected chi connectivity index (χ0v) is 17.0. The number of ether oxygens (including phenoxy) is 1. The Morgan fingerprint density at radius 1 is 1.27 bits per heavy atom. The molecule has 0 fully saturated rings. The molecule has 0 bridgehead atoms. The number of imidazole rings is 2. The molecule has 0 aliphatic rings. The maximum atomic E-state index is 13.7. The number of esters is 1. The first kappa shape index (κ1) is 19.7. The number of rotatable bonds is 4. The highest BCUT2D eigenvalue weighted by Gasteiger charge is 2.22. The Hall–Kier alpha value is -3.56. The first-order chi connectivity index (χ1) is 14.1. The van der Waals surface area contributed by atoms with E-state index in [1.54, 1.807) is 33.8 Å². The Bertz CT molecular complexity index is 1310. The average molecular weight is 412 g/mol. The third-order valence-corrected chi connectivity index (χ3v) is 4.48. The van der Waals surface area contributed by atoms with E-state index in [0.29, 0.717) is 22.5 Å². The van der Waals surface area contributed by atoms with Crippen molar-refractivity contribution >= 4 is 22.8 Å². The summed E-state index contributed by atoms with van der Waals surface area (Å²) in [4.78, 5) is 40.5. The van der Waals surface area contributed by atoms with Crippen LogP contribution in [0, 0.1) is 5.82 Å². The van der Waals surface area contributed by atoms with Gasteiger partial charge < -0.3 is 9.72 Å². The Kier molecular flexibility index (Phi) is 4.64. The van der Waals surface area contributed by atoms with E-state index in [0.717, 1.165) is 0 Å². The zero-order valence-electron chi connectivity index (χ0n) is 17.0. The van der Waals surface area contributed by atoms with Gasteiger partial charge >= 0.3 is 11.7 Å². The van der Waals surface area contributed by atoms with E-state index < -0.39 is 29.1 Å². The summed E-state index contributed by atoms with van der Waals surface area (Å²) in [5, 5.41) is 0. The number of aromatic nitrogens is 6. The van der Waals surface area contributed by atoms with Crippen molar-refractivity contribution in [2.45, 2.75) is 45.8 Å². The van der Waals surface area contributed by atoms with E-state index in [9.17, 15) is 14.0 Å². The van der Waals surface area contributed by atoms with Gasteiger partial charge in [0.1, 0.15) is 28.3 Å². The van der Waals surface area contributed by atoms with Crippen LogP contribution in [-0.2, 0) is 9.53 Å². The second-order valence-electron chi connectivity index (χ2n) is 8.09. The van der Waals surface area contributed by atoms with E-state index in [1.807, 2.05) is 0 Å². The van der Waals surface area contributed by atoms with E-state index in [4.69, 9.17) is 4.74 Å². The second kappa shape index (κ2) is 7.05. The normalized spacial score (nSPS) is 13.1. The van der Waals surface area contributed by atoms with Gasteiger partial charge in [0.2, 0.25) is 0 Å². The largest absolute Gasteiger partial charge is 0.460 e. The average Bonchev–Trinajstić information content (AvgIpc) is 3.18. The fourth-order valence-corrected chi connectivity index (χ4v) is 3.28. The van der Waals surface area contributed by atoms with Crippen LogP contribution in [0.1, 0.15) is 40.2 Å². The quantitative estimate of drug-likeness (QED) is 0.517. The topological polar surface area (TPSA) is 107 Å². The molecule has 4 aromatic rings. The Labute approximate surface area is 170 Å². The summed E-state index contributed by atoms with van der Waals surface area (Å²) in [7, 11) is 0. The predicted octanol–water partition coefficient (Wildman–Crippen LogP) is 2.87. The molecular weight excluding hydrogens is 391 g/mol. The van der Waals surface area contributed by atoms with Crippen molar-refractivity contribution < 1.29 is 13.9 Å². The van der Waals surface area contributed by atoms with Gasteiger partial charge in [0, 0.05) is 12.2 Å². The summed E-state index contributed by atoms with van der Waals surface area (Å²) < 4.78 is 22.0. The summed E-state index contributed by atoms with van der Waals surface area (Å²) >= 11 is 0. The molecule has 4 aromatic heterocycles. The SMILES string of the molecule is CC(CC(=O)OC(C)(C)C)n1c(=O)[nH]c2cnc(-c3cnc4ccc(F)cn34)nc21. The summed E-state index contributed by atoms with van der Waals surface area (Å²) in [6.45, 7) is 7.09. The summed E-state index contributed by atoms with van der Waals surface area (Å²) in [6, 6.07) is 2.37.